The molecule has 0 radical (unpaired) electrons. The van der Waals surface area contributed by atoms with Gasteiger partial charge in [0.2, 0.25) is 0 Å². The molecule has 68 valence electrons. The van der Waals surface area contributed by atoms with Crippen molar-refractivity contribution in [3.05, 3.63) is 30.1 Å². The Balaban J connectivity index is 2.71. The number of fused-ring (bicyclic) bond motifs is 1. The lowest BCUT2D eigenvalue weighted by molar-refractivity contribution is 0.617. The van der Waals surface area contributed by atoms with Crippen LogP contribution in [0.1, 0.15) is 25.6 Å². The van der Waals surface area contributed by atoms with E-state index in [1.807, 2.05) is 13.0 Å². The first-order chi connectivity index (χ1) is 6.18. The van der Waals surface area contributed by atoms with Crippen molar-refractivity contribution < 1.29 is 0 Å². The van der Waals surface area contributed by atoms with Crippen LogP contribution in [-0.4, -0.2) is 9.55 Å². The van der Waals surface area contributed by atoms with Crippen molar-refractivity contribution in [1.82, 2.24) is 9.55 Å². The molecular weight excluding hydrogens is 160 g/mol. The molecule has 2 aromatic heterocycles. The van der Waals surface area contributed by atoms with Crippen LogP contribution in [0.15, 0.2) is 24.4 Å². The van der Waals surface area contributed by atoms with Crippen LogP contribution in [0.5, 0.6) is 0 Å². The summed E-state index contributed by atoms with van der Waals surface area (Å²) in [6.45, 7) is 6.37. The Bertz CT molecular complexity index is 427. The predicted octanol–water partition coefficient (Wildman–Crippen LogP) is 2.93. The van der Waals surface area contributed by atoms with Crippen molar-refractivity contribution in [2.75, 3.05) is 0 Å². The van der Waals surface area contributed by atoms with E-state index in [0.29, 0.717) is 6.04 Å². The summed E-state index contributed by atoms with van der Waals surface area (Å²) in [6, 6.07) is 6.76. The molecule has 0 aliphatic carbocycles. The van der Waals surface area contributed by atoms with E-state index in [1.54, 1.807) is 0 Å². The summed E-state index contributed by atoms with van der Waals surface area (Å²) in [5.74, 6) is 0. The highest BCUT2D eigenvalue weighted by molar-refractivity contribution is 5.76. The van der Waals surface area contributed by atoms with Gasteiger partial charge in [-0.25, -0.2) is 4.98 Å². The molecule has 0 fully saturated rings. The van der Waals surface area contributed by atoms with Crippen molar-refractivity contribution in [3.8, 4) is 0 Å². The third-order valence-corrected chi connectivity index (χ3v) is 2.26. The van der Waals surface area contributed by atoms with Gasteiger partial charge in [-0.2, -0.15) is 0 Å². The van der Waals surface area contributed by atoms with Gasteiger partial charge < -0.3 is 4.57 Å². The predicted molar refractivity (Wildman–Crippen MR) is 54.9 cm³/mol. The van der Waals surface area contributed by atoms with Gasteiger partial charge in [0.15, 0.2) is 0 Å². The lowest BCUT2D eigenvalue weighted by Gasteiger charge is -2.08. The lowest BCUT2D eigenvalue weighted by Crippen LogP contribution is -1.99. The summed E-state index contributed by atoms with van der Waals surface area (Å²) in [5.41, 5.74) is 2.17. The van der Waals surface area contributed by atoms with Crippen molar-refractivity contribution in [3.63, 3.8) is 0 Å². The maximum atomic E-state index is 4.52. The Hall–Kier alpha value is -1.31. The lowest BCUT2D eigenvalue weighted by atomic mass is 10.3. The quantitative estimate of drug-likeness (QED) is 0.650. The molecule has 0 aliphatic heterocycles. The zero-order chi connectivity index (χ0) is 9.42. The maximum Gasteiger partial charge on any atom is 0.140 e. The Morgan fingerprint density at radius 3 is 2.69 bits per heavy atom. The molecule has 2 heterocycles. The van der Waals surface area contributed by atoms with Gasteiger partial charge in [-0.1, -0.05) is 0 Å². The largest absolute Gasteiger partial charge is 0.330 e. The van der Waals surface area contributed by atoms with E-state index in [9.17, 15) is 0 Å². The monoisotopic (exact) mass is 174 g/mol. The summed E-state index contributed by atoms with van der Waals surface area (Å²) in [6.07, 6.45) is 2.10. The van der Waals surface area contributed by atoms with E-state index in [4.69, 9.17) is 0 Å². The second kappa shape index (κ2) is 2.87. The second-order valence-corrected chi connectivity index (χ2v) is 3.68. The highest BCUT2D eigenvalue weighted by Crippen LogP contribution is 2.17. The average molecular weight is 174 g/mol. The van der Waals surface area contributed by atoms with E-state index >= 15 is 0 Å². The number of hydrogen-bond acceptors (Lipinski definition) is 1. The van der Waals surface area contributed by atoms with E-state index in [1.165, 1.54) is 5.39 Å². The molecule has 0 bridgehead atoms. The molecule has 0 N–H and O–H groups in total. The van der Waals surface area contributed by atoms with Crippen LogP contribution in [0.3, 0.4) is 0 Å². The number of hydrogen-bond donors (Lipinski definition) is 0. The van der Waals surface area contributed by atoms with Gasteiger partial charge in [-0.15, -0.1) is 0 Å². The third-order valence-electron chi connectivity index (χ3n) is 2.26. The van der Waals surface area contributed by atoms with Gasteiger partial charge in [0.1, 0.15) is 5.65 Å². The number of rotatable bonds is 1. The van der Waals surface area contributed by atoms with Gasteiger partial charge >= 0.3 is 0 Å². The molecule has 0 saturated carbocycles. The zero-order valence-corrected chi connectivity index (χ0v) is 8.28. The van der Waals surface area contributed by atoms with Gasteiger partial charge in [0.05, 0.1) is 0 Å². The molecule has 2 heteroatoms. The van der Waals surface area contributed by atoms with Crippen LogP contribution in [-0.2, 0) is 0 Å². The Labute approximate surface area is 78.2 Å². The summed E-state index contributed by atoms with van der Waals surface area (Å²) in [5, 5.41) is 1.22. The van der Waals surface area contributed by atoms with Gasteiger partial charge in [-0.3, -0.25) is 0 Å². The maximum absolute atomic E-state index is 4.52. The molecule has 0 spiro atoms. The van der Waals surface area contributed by atoms with Gasteiger partial charge in [0, 0.05) is 23.3 Å². The molecule has 0 amide bonds. The van der Waals surface area contributed by atoms with Crippen LogP contribution < -0.4 is 0 Å². The van der Waals surface area contributed by atoms with Gasteiger partial charge in [0.25, 0.3) is 0 Å². The van der Waals surface area contributed by atoms with Crippen molar-refractivity contribution >= 4 is 11.0 Å². The Kier molecular flexibility index (Phi) is 1.83. The van der Waals surface area contributed by atoms with Crippen LogP contribution in [0.25, 0.3) is 11.0 Å². The van der Waals surface area contributed by atoms with Crippen molar-refractivity contribution in [2.24, 2.45) is 0 Å². The second-order valence-electron chi connectivity index (χ2n) is 3.68. The first-order valence-electron chi connectivity index (χ1n) is 4.62. The smallest absolute Gasteiger partial charge is 0.140 e. The number of nitrogens with zero attached hydrogens (tertiary/aromatic N) is 2. The van der Waals surface area contributed by atoms with Crippen LogP contribution in [0.2, 0.25) is 0 Å². The van der Waals surface area contributed by atoms with Crippen LogP contribution >= 0.6 is 0 Å². The molecule has 0 aromatic carbocycles. The molecular formula is C11H14N2. The standard InChI is InChI=1S/C11H14N2/c1-8(2)13-7-6-10-5-4-9(3)12-11(10)13/h4-8H,1-3H3. The fourth-order valence-corrected chi connectivity index (χ4v) is 1.54. The molecule has 0 saturated heterocycles. The first-order valence-corrected chi connectivity index (χ1v) is 4.62. The van der Waals surface area contributed by atoms with Gasteiger partial charge in [-0.05, 0) is 39.0 Å². The number of aryl methyl sites for hydroxylation is 1. The fourth-order valence-electron chi connectivity index (χ4n) is 1.54. The highest BCUT2D eigenvalue weighted by Gasteiger charge is 2.04. The van der Waals surface area contributed by atoms with Crippen LogP contribution in [0.4, 0.5) is 0 Å². The van der Waals surface area contributed by atoms with E-state index in [-0.39, 0.29) is 0 Å². The normalized spacial score (nSPS) is 11.4. The molecule has 2 rings (SSSR count). The Morgan fingerprint density at radius 1 is 1.23 bits per heavy atom. The molecule has 0 unspecified atom stereocenters. The first kappa shape index (κ1) is 8.30. The number of aromatic nitrogens is 2. The fraction of sp³-hybridized carbons (Fsp3) is 0.364. The van der Waals surface area contributed by atoms with Crippen molar-refractivity contribution in [1.29, 1.82) is 0 Å². The minimum atomic E-state index is 0.479. The summed E-state index contributed by atoms with van der Waals surface area (Å²) >= 11 is 0. The Morgan fingerprint density at radius 2 is 2.00 bits per heavy atom. The molecule has 0 aliphatic rings. The minimum Gasteiger partial charge on any atom is -0.330 e. The van der Waals surface area contributed by atoms with E-state index in [2.05, 4.69) is 41.7 Å². The molecule has 2 aromatic rings. The SMILES string of the molecule is Cc1ccc2ccn(C(C)C)c2n1. The van der Waals surface area contributed by atoms with E-state index < -0.39 is 0 Å². The zero-order valence-electron chi connectivity index (χ0n) is 8.28. The summed E-state index contributed by atoms with van der Waals surface area (Å²) in [4.78, 5) is 4.52. The average Bonchev–Trinajstić information content (AvgIpc) is 2.46. The molecule has 2 nitrogen and oxygen atoms in total. The molecule has 0 atom stereocenters. The topological polar surface area (TPSA) is 17.8 Å². The third kappa shape index (κ3) is 1.32. The molecule has 13 heavy (non-hydrogen) atoms. The van der Waals surface area contributed by atoms with Crippen LogP contribution in [0, 0.1) is 6.92 Å². The number of pyridine rings is 1. The summed E-state index contributed by atoms with van der Waals surface area (Å²) < 4.78 is 2.20. The van der Waals surface area contributed by atoms with E-state index in [0.717, 1.165) is 11.3 Å². The minimum absolute atomic E-state index is 0.479. The highest BCUT2D eigenvalue weighted by atomic mass is 15.0. The van der Waals surface area contributed by atoms with Crippen molar-refractivity contribution in [2.45, 2.75) is 26.8 Å². The summed E-state index contributed by atoms with van der Waals surface area (Å²) in [7, 11) is 0.